The van der Waals surface area contributed by atoms with Crippen molar-refractivity contribution >= 4 is 11.6 Å². The first-order valence-electron chi connectivity index (χ1n) is 6.47. The van der Waals surface area contributed by atoms with Crippen LogP contribution in [0.4, 0.5) is 0 Å². The molecule has 0 spiro atoms. The lowest BCUT2D eigenvalue weighted by atomic mass is 9.70. The van der Waals surface area contributed by atoms with Crippen molar-refractivity contribution in [1.29, 1.82) is 0 Å². The molecule has 1 aliphatic carbocycles. The number of Topliss-reactive ketones (excluding diaryl/α,β-unsaturated/α-hetero) is 2. The van der Waals surface area contributed by atoms with E-state index >= 15 is 0 Å². The molecule has 19 heavy (non-hydrogen) atoms. The third-order valence-electron chi connectivity index (χ3n) is 3.87. The Balaban J connectivity index is 3.37. The minimum absolute atomic E-state index is 0.00328. The van der Waals surface area contributed by atoms with Crippen LogP contribution in [0.2, 0.25) is 0 Å². The Kier molecular flexibility index (Phi) is 4.17. The second-order valence-corrected chi connectivity index (χ2v) is 5.93. The van der Waals surface area contributed by atoms with Gasteiger partial charge in [-0.2, -0.15) is 0 Å². The number of carbonyl (C=O) groups excluding carboxylic acids is 2. The van der Waals surface area contributed by atoms with Crippen LogP contribution in [-0.2, 0) is 9.59 Å². The SMILES string of the molecule is C=C=C(C)CC(C)(C)C1=C(C)C(=O)C(C)=C(C)C1=O. The third kappa shape index (κ3) is 2.69. The Hall–Kier alpha value is -1.66. The quantitative estimate of drug-likeness (QED) is 0.567. The monoisotopic (exact) mass is 258 g/mol. The van der Waals surface area contributed by atoms with Crippen LogP contribution >= 0.6 is 0 Å². The van der Waals surface area contributed by atoms with Crippen molar-refractivity contribution in [3.05, 3.63) is 40.2 Å². The van der Waals surface area contributed by atoms with Crippen LogP contribution in [0.25, 0.3) is 0 Å². The molecule has 0 heterocycles. The summed E-state index contributed by atoms with van der Waals surface area (Å²) in [7, 11) is 0. The second kappa shape index (κ2) is 5.14. The average Bonchev–Trinajstić information content (AvgIpc) is 2.33. The third-order valence-corrected chi connectivity index (χ3v) is 3.87. The normalized spacial score (nSPS) is 16.9. The lowest BCUT2D eigenvalue weighted by Gasteiger charge is -2.31. The molecule has 1 aliphatic rings. The number of allylic oxidation sites excluding steroid dienone is 5. The van der Waals surface area contributed by atoms with Gasteiger partial charge in [-0.05, 0) is 45.1 Å². The predicted molar refractivity (Wildman–Crippen MR) is 77.8 cm³/mol. The van der Waals surface area contributed by atoms with Gasteiger partial charge in [-0.25, -0.2) is 0 Å². The maximum atomic E-state index is 12.5. The highest BCUT2D eigenvalue weighted by molar-refractivity contribution is 6.25. The highest BCUT2D eigenvalue weighted by Crippen LogP contribution is 2.40. The molecule has 0 aliphatic heterocycles. The van der Waals surface area contributed by atoms with Crippen LogP contribution in [0.15, 0.2) is 40.2 Å². The smallest absolute Gasteiger partial charge is 0.186 e. The van der Waals surface area contributed by atoms with Crippen molar-refractivity contribution in [2.24, 2.45) is 5.41 Å². The lowest BCUT2D eigenvalue weighted by Crippen LogP contribution is -2.30. The van der Waals surface area contributed by atoms with Gasteiger partial charge in [0.2, 0.25) is 0 Å². The van der Waals surface area contributed by atoms with Crippen molar-refractivity contribution in [2.45, 2.75) is 48.0 Å². The first-order chi connectivity index (χ1) is 8.63. The van der Waals surface area contributed by atoms with E-state index in [4.69, 9.17) is 0 Å². The second-order valence-electron chi connectivity index (χ2n) is 5.93. The van der Waals surface area contributed by atoms with Gasteiger partial charge in [0.1, 0.15) is 0 Å². The minimum atomic E-state index is -0.381. The number of hydrogen-bond acceptors (Lipinski definition) is 2. The fraction of sp³-hybridized carbons (Fsp3) is 0.471. The van der Waals surface area contributed by atoms with Crippen molar-refractivity contribution in [1.82, 2.24) is 0 Å². The van der Waals surface area contributed by atoms with Crippen LogP contribution in [0.3, 0.4) is 0 Å². The number of carbonyl (C=O) groups is 2. The van der Waals surface area contributed by atoms with Gasteiger partial charge in [-0.1, -0.05) is 20.4 Å². The van der Waals surface area contributed by atoms with Crippen LogP contribution in [0, 0.1) is 5.41 Å². The van der Waals surface area contributed by atoms with E-state index in [1.54, 1.807) is 20.8 Å². The topological polar surface area (TPSA) is 34.1 Å². The lowest BCUT2D eigenvalue weighted by molar-refractivity contribution is -0.117. The van der Waals surface area contributed by atoms with Crippen LogP contribution in [-0.4, -0.2) is 11.6 Å². The Labute approximate surface area is 115 Å². The first kappa shape index (κ1) is 15.4. The van der Waals surface area contributed by atoms with Gasteiger partial charge >= 0.3 is 0 Å². The summed E-state index contributed by atoms with van der Waals surface area (Å²) in [5.41, 5.74) is 5.82. The van der Waals surface area contributed by atoms with E-state index in [-0.39, 0.29) is 17.0 Å². The standard InChI is InChI=1S/C17H22O2/c1-8-10(2)9-17(6,7)14-13(5)15(18)11(3)12(4)16(14)19/h1,9H2,2-7H3. The molecule has 1 rings (SSSR count). The molecule has 0 aromatic rings. The Morgan fingerprint density at radius 2 is 1.53 bits per heavy atom. The molecule has 0 atom stereocenters. The maximum Gasteiger partial charge on any atom is 0.186 e. The van der Waals surface area contributed by atoms with E-state index in [0.29, 0.717) is 28.7 Å². The van der Waals surface area contributed by atoms with Gasteiger partial charge in [-0.3, -0.25) is 9.59 Å². The molecule has 0 amide bonds. The summed E-state index contributed by atoms with van der Waals surface area (Å²) in [5.74, 6) is -0.0168. The predicted octanol–water partition coefficient (Wildman–Crippen LogP) is 3.94. The molecule has 0 N–H and O–H groups in total. The van der Waals surface area contributed by atoms with Crippen molar-refractivity contribution in [3.8, 4) is 0 Å². The largest absolute Gasteiger partial charge is 0.289 e. The highest BCUT2D eigenvalue weighted by Gasteiger charge is 2.36. The summed E-state index contributed by atoms with van der Waals surface area (Å²) in [5, 5.41) is 0. The zero-order valence-corrected chi connectivity index (χ0v) is 12.7. The van der Waals surface area contributed by atoms with Crippen molar-refractivity contribution < 1.29 is 9.59 Å². The fourth-order valence-corrected chi connectivity index (χ4v) is 2.72. The molecule has 102 valence electrons. The van der Waals surface area contributed by atoms with E-state index in [2.05, 4.69) is 12.3 Å². The Morgan fingerprint density at radius 1 is 1.05 bits per heavy atom. The van der Waals surface area contributed by atoms with Gasteiger partial charge in [0.15, 0.2) is 11.6 Å². The van der Waals surface area contributed by atoms with Gasteiger partial charge in [0, 0.05) is 22.3 Å². The van der Waals surface area contributed by atoms with Crippen LogP contribution in [0.1, 0.15) is 48.0 Å². The summed E-state index contributed by atoms with van der Waals surface area (Å²) in [4.78, 5) is 24.7. The van der Waals surface area contributed by atoms with E-state index in [9.17, 15) is 9.59 Å². The molecule has 0 unspecified atom stereocenters. The summed E-state index contributed by atoms with van der Waals surface area (Å²) < 4.78 is 0. The van der Waals surface area contributed by atoms with Gasteiger partial charge in [-0.15, -0.1) is 5.73 Å². The van der Waals surface area contributed by atoms with E-state index in [1.807, 2.05) is 20.8 Å². The van der Waals surface area contributed by atoms with Crippen LogP contribution < -0.4 is 0 Å². The molecule has 0 saturated heterocycles. The number of hydrogen-bond donors (Lipinski definition) is 0. The zero-order valence-electron chi connectivity index (χ0n) is 12.7. The molecular weight excluding hydrogens is 236 g/mol. The molecule has 2 heteroatoms. The molecule has 0 saturated carbocycles. The zero-order chi connectivity index (χ0) is 15.0. The van der Waals surface area contributed by atoms with Gasteiger partial charge < -0.3 is 0 Å². The van der Waals surface area contributed by atoms with Crippen molar-refractivity contribution in [3.63, 3.8) is 0 Å². The first-order valence-corrected chi connectivity index (χ1v) is 6.47. The molecule has 2 nitrogen and oxygen atoms in total. The van der Waals surface area contributed by atoms with Gasteiger partial charge in [0.05, 0.1) is 0 Å². The molecular formula is C17H22O2. The maximum absolute atomic E-state index is 12.5. The van der Waals surface area contributed by atoms with E-state index in [0.717, 1.165) is 5.57 Å². The van der Waals surface area contributed by atoms with Crippen LogP contribution in [0.5, 0.6) is 0 Å². The van der Waals surface area contributed by atoms with E-state index in [1.165, 1.54) is 0 Å². The molecule has 0 aromatic heterocycles. The minimum Gasteiger partial charge on any atom is -0.289 e. The average molecular weight is 258 g/mol. The number of rotatable bonds is 3. The molecule has 0 bridgehead atoms. The Morgan fingerprint density at radius 3 is 2.00 bits per heavy atom. The summed E-state index contributed by atoms with van der Waals surface area (Å²) in [6.45, 7) is 14.8. The fourth-order valence-electron chi connectivity index (χ4n) is 2.72. The summed E-state index contributed by atoms with van der Waals surface area (Å²) >= 11 is 0. The summed E-state index contributed by atoms with van der Waals surface area (Å²) in [6.07, 6.45) is 0.675. The number of ketones is 2. The highest BCUT2D eigenvalue weighted by atomic mass is 16.1. The van der Waals surface area contributed by atoms with Gasteiger partial charge in [0.25, 0.3) is 0 Å². The van der Waals surface area contributed by atoms with Crippen molar-refractivity contribution in [2.75, 3.05) is 0 Å². The molecule has 0 radical (unpaired) electrons. The Bertz CT molecular complexity index is 562. The molecule has 0 fully saturated rings. The summed E-state index contributed by atoms with van der Waals surface area (Å²) in [6, 6.07) is 0. The van der Waals surface area contributed by atoms with E-state index < -0.39 is 0 Å². The molecule has 0 aromatic carbocycles.